The smallest absolute Gasteiger partial charge is 0.406 e. The summed E-state index contributed by atoms with van der Waals surface area (Å²) in [6, 6.07) is 9.78. The monoisotopic (exact) mass is 343 g/mol. The van der Waals surface area contributed by atoms with E-state index in [1.165, 1.54) is 16.7 Å². The SMILES string of the molecule is O=c1oc2cccnc2n1CCN1C[C@@H](O)C[C@H]1c1cccc(F)c1. The Kier molecular flexibility index (Phi) is 4.10. The molecule has 0 radical (unpaired) electrons. The average molecular weight is 343 g/mol. The lowest BCUT2D eigenvalue weighted by Crippen LogP contribution is -2.30. The van der Waals surface area contributed by atoms with Crippen LogP contribution < -0.4 is 5.76 Å². The van der Waals surface area contributed by atoms with Gasteiger partial charge in [-0.25, -0.2) is 14.2 Å². The van der Waals surface area contributed by atoms with Gasteiger partial charge in [0, 0.05) is 31.9 Å². The molecule has 6 nitrogen and oxygen atoms in total. The van der Waals surface area contributed by atoms with Crippen molar-refractivity contribution in [2.24, 2.45) is 0 Å². The van der Waals surface area contributed by atoms with E-state index in [1.807, 2.05) is 6.07 Å². The summed E-state index contributed by atoms with van der Waals surface area (Å²) in [5, 5.41) is 10.0. The van der Waals surface area contributed by atoms with Gasteiger partial charge in [-0.3, -0.25) is 9.47 Å². The van der Waals surface area contributed by atoms with Crippen molar-refractivity contribution in [2.45, 2.75) is 25.1 Å². The van der Waals surface area contributed by atoms with E-state index in [9.17, 15) is 14.3 Å². The fraction of sp³-hybridized carbons (Fsp3) is 0.333. The van der Waals surface area contributed by atoms with Gasteiger partial charge in [0.25, 0.3) is 0 Å². The molecule has 3 heterocycles. The standard InChI is InChI=1S/C18H18FN3O3/c19-13-4-1-3-12(9-13)15-10-14(23)11-21(15)7-8-22-17-16(25-18(22)24)5-2-6-20-17/h1-6,9,14-15,23H,7-8,10-11H2/t14-,15-/m0/s1. The number of benzene rings is 1. The van der Waals surface area contributed by atoms with Crippen LogP contribution in [0.25, 0.3) is 11.2 Å². The normalized spacial score (nSPS) is 21.2. The number of likely N-dealkylation sites (tertiary alicyclic amines) is 1. The van der Waals surface area contributed by atoms with Gasteiger partial charge in [-0.1, -0.05) is 12.1 Å². The molecule has 1 N–H and O–H groups in total. The average Bonchev–Trinajstić information content (AvgIpc) is 3.12. The molecule has 130 valence electrons. The Balaban J connectivity index is 1.56. The van der Waals surface area contributed by atoms with Crippen LogP contribution in [0.3, 0.4) is 0 Å². The highest BCUT2D eigenvalue weighted by Crippen LogP contribution is 2.32. The zero-order chi connectivity index (χ0) is 17.4. The van der Waals surface area contributed by atoms with Gasteiger partial charge in [-0.15, -0.1) is 0 Å². The predicted octanol–water partition coefficient (Wildman–Crippen LogP) is 1.94. The number of rotatable bonds is 4. The number of aromatic nitrogens is 2. The van der Waals surface area contributed by atoms with Crippen LogP contribution >= 0.6 is 0 Å². The maximum Gasteiger partial charge on any atom is 0.421 e. The number of halogens is 1. The van der Waals surface area contributed by atoms with Crippen LogP contribution in [0.1, 0.15) is 18.0 Å². The van der Waals surface area contributed by atoms with E-state index in [4.69, 9.17) is 4.42 Å². The highest BCUT2D eigenvalue weighted by Gasteiger charge is 2.32. The Labute approximate surface area is 143 Å². The Morgan fingerprint density at radius 1 is 1.28 bits per heavy atom. The number of hydrogen-bond donors (Lipinski definition) is 1. The minimum Gasteiger partial charge on any atom is -0.406 e. The molecule has 0 aliphatic carbocycles. The van der Waals surface area contributed by atoms with Crippen LogP contribution in [0, 0.1) is 5.82 Å². The van der Waals surface area contributed by atoms with Crippen molar-refractivity contribution in [1.82, 2.24) is 14.5 Å². The molecule has 25 heavy (non-hydrogen) atoms. The summed E-state index contributed by atoms with van der Waals surface area (Å²) in [6.45, 7) is 1.41. The maximum absolute atomic E-state index is 13.5. The van der Waals surface area contributed by atoms with Gasteiger partial charge in [-0.05, 0) is 36.2 Å². The van der Waals surface area contributed by atoms with E-state index in [2.05, 4.69) is 9.88 Å². The molecule has 2 aromatic heterocycles. The first kappa shape index (κ1) is 16.0. The summed E-state index contributed by atoms with van der Waals surface area (Å²) in [5.74, 6) is -0.740. The lowest BCUT2D eigenvalue weighted by atomic mass is 10.0. The molecule has 1 aliphatic rings. The van der Waals surface area contributed by atoms with Crippen molar-refractivity contribution < 1.29 is 13.9 Å². The van der Waals surface area contributed by atoms with Crippen molar-refractivity contribution in [1.29, 1.82) is 0 Å². The molecule has 1 aromatic carbocycles. The van der Waals surface area contributed by atoms with E-state index in [0.717, 1.165) is 5.56 Å². The molecule has 0 saturated carbocycles. The van der Waals surface area contributed by atoms with Crippen molar-refractivity contribution in [3.8, 4) is 0 Å². The summed E-state index contributed by atoms with van der Waals surface area (Å²) in [4.78, 5) is 18.3. The van der Waals surface area contributed by atoms with Crippen LogP contribution in [0.2, 0.25) is 0 Å². The van der Waals surface area contributed by atoms with E-state index < -0.39 is 11.9 Å². The fourth-order valence-corrected chi connectivity index (χ4v) is 3.51. The van der Waals surface area contributed by atoms with Crippen LogP contribution in [0.15, 0.2) is 51.8 Å². The third kappa shape index (κ3) is 3.08. The van der Waals surface area contributed by atoms with Crippen LogP contribution in [0.4, 0.5) is 4.39 Å². The molecule has 0 amide bonds. The lowest BCUT2D eigenvalue weighted by molar-refractivity contribution is 0.173. The number of oxazole rings is 1. The molecule has 1 saturated heterocycles. The number of β-amino-alcohol motifs (C(OH)–C–C–N with tert-alkyl or cyclic N) is 1. The second kappa shape index (κ2) is 6.42. The molecule has 0 spiro atoms. The zero-order valence-electron chi connectivity index (χ0n) is 13.5. The number of aliphatic hydroxyl groups excluding tert-OH is 1. The molecular weight excluding hydrogens is 325 g/mol. The second-order valence-electron chi connectivity index (χ2n) is 6.30. The lowest BCUT2D eigenvalue weighted by Gasteiger charge is -2.24. The Morgan fingerprint density at radius 2 is 2.16 bits per heavy atom. The Bertz CT molecular complexity index is 952. The summed E-state index contributed by atoms with van der Waals surface area (Å²) in [6.07, 6.45) is 1.69. The van der Waals surface area contributed by atoms with Crippen molar-refractivity contribution in [2.75, 3.05) is 13.1 Å². The van der Waals surface area contributed by atoms with E-state index >= 15 is 0 Å². The topological polar surface area (TPSA) is 71.5 Å². The minimum atomic E-state index is -0.468. The highest BCUT2D eigenvalue weighted by atomic mass is 19.1. The molecule has 1 aliphatic heterocycles. The Morgan fingerprint density at radius 3 is 3.00 bits per heavy atom. The first-order valence-electron chi connectivity index (χ1n) is 8.24. The molecule has 3 aromatic rings. The summed E-state index contributed by atoms with van der Waals surface area (Å²) in [7, 11) is 0. The first-order chi connectivity index (χ1) is 12.1. The number of pyridine rings is 1. The minimum absolute atomic E-state index is 0.0764. The van der Waals surface area contributed by atoms with Crippen LogP contribution in [0.5, 0.6) is 0 Å². The molecule has 0 bridgehead atoms. The first-order valence-corrected chi connectivity index (χ1v) is 8.24. The third-order valence-corrected chi connectivity index (χ3v) is 4.65. The number of fused-ring (bicyclic) bond motifs is 1. The van der Waals surface area contributed by atoms with Crippen molar-refractivity contribution in [3.63, 3.8) is 0 Å². The predicted molar refractivity (Wildman–Crippen MR) is 89.6 cm³/mol. The second-order valence-corrected chi connectivity index (χ2v) is 6.30. The van der Waals surface area contributed by atoms with Crippen LogP contribution in [-0.4, -0.2) is 38.8 Å². The number of hydrogen-bond acceptors (Lipinski definition) is 5. The fourth-order valence-electron chi connectivity index (χ4n) is 3.51. The molecule has 0 unspecified atom stereocenters. The van der Waals surface area contributed by atoms with Crippen molar-refractivity contribution >= 4 is 11.2 Å². The molecule has 2 atom stereocenters. The highest BCUT2D eigenvalue weighted by molar-refractivity contribution is 5.67. The Hall–Kier alpha value is -2.51. The molecular formula is C18H18FN3O3. The van der Waals surface area contributed by atoms with Gasteiger partial charge in [0.05, 0.1) is 6.10 Å². The summed E-state index contributed by atoms with van der Waals surface area (Å²) >= 11 is 0. The summed E-state index contributed by atoms with van der Waals surface area (Å²) < 4.78 is 20.2. The van der Waals surface area contributed by atoms with Gasteiger partial charge in [-0.2, -0.15) is 0 Å². The summed E-state index contributed by atoms with van der Waals surface area (Å²) in [5.41, 5.74) is 1.80. The maximum atomic E-state index is 13.5. The van der Waals surface area contributed by atoms with Gasteiger partial charge >= 0.3 is 5.76 Å². The number of aliphatic hydroxyl groups is 1. The quantitative estimate of drug-likeness (QED) is 0.784. The molecule has 7 heteroatoms. The van der Waals surface area contributed by atoms with Gasteiger partial charge < -0.3 is 9.52 Å². The number of nitrogens with zero attached hydrogens (tertiary/aromatic N) is 3. The van der Waals surface area contributed by atoms with Crippen molar-refractivity contribution in [3.05, 3.63) is 64.5 Å². The van der Waals surface area contributed by atoms with Gasteiger partial charge in [0.1, 0.15) is 5.82 Å². The largest absolute Gasteiger partial charge is 0.421 e. The zero-order valence-corrected chi connectivity index (χ0v) is 13.5. The molecule has 4 rings (SSSR count). The van der Waals surface area contributed by atoms with Gasteiger partial charge in [0.2, 0.25) is 0 Å². The van der Waals surface area contributed by atoms with E-state index in [-0.39, 0.29) is 11.9 Å². The van der Waals surface area contributed by atoms with Crippen LogP contribution in [-0.2, 0) is 6.54 Å². The van der Waals surface area contributed by atoms with E-state index in [1.54, 1.807) is 24.4 Å². The van der Waals surface area contributed by atoms with E-state index in [0.29, 0.717) is 37.3 Å². The molecule has 1 fully saturated rings. The van der Waals surface area contributed by atoms with Gasteiger partial charge in [0.15, 0.2) is 11.2 Å². The third-order valence-electron chi connectivity index (χ3n) is 4.65.